The molecule has 1 heterocycles. The minimum atomic E-state index is 0.462. The fourth-order valence-electron chi connectivity index (χ4n) is 1.86. The van der Waals surface area contributed by atoms with Gasteiger partial charge in [0.05, 0.1) is 6.61 Å². The fourth-order valence-corrected chi connectivity index (χ4v) is 2.68. The van der Waals surface area contributed by atoms with E-state index in [-0.39, 0.29) is 0 Å². The predicted molar refractivity (Wildman–Crippen MR) is 71.1 cm³/mol. The van der Waals surface area contributed by atoms with Gasteiger partial charge in [-0.05, 0) is 24.3 Å². The molecular formula is C13H23NOS. The van der Waals surface area contributed by atoms with Gasteiger partial charge in [-0.15, -0.1) is 11.3 Å². The Morgan fingerprint density at radius 1 is 1.44 bits per heavy atom. The number of hydrogen-bond acceptors (Lipinski definition) is 3. The van der Waals surface area contributed by atoms with Crippen molar-refractivity contribution >= 4 is 11.3 Å². The van der Waals surface area contributed by atoms with Crippen molar-refractivity contribution in [3.8, 4) is 0 Å². The lowest BCUT2D eigenvalue weighted by Crippen LogP contribution is -2.35. The molecule has 0 aliphatic heterocycles. The summed E-state index contributed by atoms with van der Waals surface area (Å²) in [4.78, 5) is 1.44. The molecule has 3 heteroatoms. The van der Waals surface area contributed by atoms with Crippen LogP contribution >= 0.6 is 11.3 Å². The topological polar surface area (TPSA) is 21.3 Å². The highest BCUT2D eigenvalue weighted by Crippen LogP contribution is 2.24. The average Bonchev–Trinajstić information content (AvgIpc) is 2.81. The second-order valence-electron chi connectivity index (χ2n) is 4.08. The van der Waals surface area contributed by atoms with E-state index in [1.54, 1.807) is 7.11 Å². The van der Waals surface area contributed by atoms with E-state index in [9.17, 15) is 0 Å². The van der Waals surface area contributed by atoms with Crippen LogP contribution in [0.1, 0.15) is 44.0 Å². The Morgan fingerprint density at radius 3 is 2.75 bits per heavy atom. The third-order valence-electron chi connectivity index (χ3n) is 2.76. The van der Waals surface area contributed by atoms with Gasteiger partial charge in [0, 0.05) is 24.1 Å². The SMILES string of the molecule is CCCC(NC(CC)COC)c1cccs1. The molecule has 16 heavy (non-hydrogen) atoms. The molecule has 0 aliphatic carbocycles. The summed E-state index contributed by atoms with van der Waals surface area (Å²) in [6, 6.07) is 5.30. The summed E-state index contributed by atoms with van der Waals surface area (Å²) < 4.78 is 5.23. The normalized spacial score (nSPS) is 14.9. The molecule has 0 amide bonds. The molecule has 0 fully saturated rings. The minimum Gasteiger partial charge on any atom is -0.383 e. The largest absolute Gasteiger partial charge is 0.383 e. The molecule has 0 spiro atoms. The van der Waals surface area contributed by atoms with Gasteiger partial charge < -0.3 is 10.1 Å². The van der Waals surface area contributed by atoms with Crippen molar-refractivity contribution in [2.24, 2.45) is 0 Å². The van der Waals surface area contributed by atoms with Crippen molar-refractivity contribution in [2.75, 3.05) is 13.7 Å². The van der Waals surface area contributed by atoms with E-state index in [0.717, 1.165) is 13.0 Å². The van der Waals surface area contributed by atoms with Crippen LogP contribution in [-0.4, -0.2) is 19.8 Å². The van der Waals surface area contributed by atoms with Crippen LogP contribution in [0, 0.1) is 0 Å². The maximum atomic E-state index is 5.23. The Kier molecular flexibility index (Phi) is 6.69. The number of ether oxygens (including phenoxy) is 1. The lowest BCUT2D eigenvalue weighted by molar-refractivity contribution is 0.157. The van der Waals surface area contributed by atoms with E-state index in [2.05, 4.69) is 36.7 Å². The number of nitrogens with one attached hydrogen (secondary N) is 1. The van der Waals surface area contributed by atoms with Crippen LogP contribution in [0.25, 0.3) is 0 Å². The Hall–Kier alpha value is -0.380. The molecule has 2 unspecified atom stereocenters. The molecule has 0 saturated carbocycles. The maximum Gasteiger partial charge on any atom is 0.0615 e. The van der Waals surface area contributed by atoms with Crippen LogP contribution in [0.5, 0.6) is 0 Å². The first kappa shape index (κ1) is 13.7. The zero-order valence-corrected chi connectivity index (χ0v) is 11.3. The highest BCUT2D eigenvalue weighted by Gasteiger charge is 2.15. The third-order valence-corrected chi connectivity index (χ3v) is 3.75. The summed E-state index contributed by atoms with van der Waals surface area (Å²) in [5, 5.41) is 5.84. The van der Waals surface area contributed by atoms with Crippen molar-refractivity contribution in [3.63, 3.8) is 0 Å². The van der Waals surface area contributed by atoms with E-state index in [1.807, 2.05) is 11.3 Å². The molecule has 0 radical (unpaired) electrons. The first-order valence-electron chi connectivity index (χ1n) is 6.10. The standard InChI is InChI=1S/C13H23NOS/c1-4-7-12(13-8-6-9-16-13)14-11(5-2)10-15-3/h6,8-9,11-12,14H,4-5,7,10H2,1-3H3. The first-order chi connectivity index (χ1) is 7.81. The number of rotatable bonds is 8. The first-order valence-corrected chi connectivity index (χ1v) is 6.98. The molecular weight excluding hydrogens is 218 g/mol. The molecule has 2 nitrogen and oxygen atoms in total. The zero-order valence-electron chi connectivity index (χ0n) is 10.5. The van der Waals surface area contributed by atoms with Crippen LogP contribution in [0.3, 0.4) is 0 Å². The van der Waals surface area contributed by atoms with Crippen LogP contribution in [0.4, 0.5) is 0 Å². The monoisotopic (exact) mass is 241 g/mol. The number of thiophene rings is 1. The van der Waals surface area contributed by atoms with Crippen molar-refractivity contribution in [2.45, 2.75) is 45.2 Å². The minimum absolute atomic E-state index is 0.462. The van der Waals surface area contributed by atoms with Crippen molar-refractivity contribution in [3.05, 3.63) is 22.4 Å². The highest BCUT2D eigenvalue weighted by molar-refractivity contribution is 7.10. The molecule has 0 saturated heterocycles. The van der Waals surface area contributed by atoms with E-state index in [4.69, 9.17) is 4.74 Å². The second kappa shape index (κ2) is 7.82. The Morgan fingerprint density at radius 2 is 2.25 bits per heavy atom. The predicted octanol–water partition coefficient (Wildman–Crippen LogP) is 3.60. The maximum absolute atomic E-state index is 5.23. The Bertz CT molecular complexity index is 261. The van der Waals surface area contributed by atoms with Gasteiger partial charge in [-0.3, -0.25) is 0 Å². The molecule has 1 N–H and O–H groups in total. The van der Waals surface area contributed by atoms with Gasteiger partial charge >= 0.3 is 0 Å². The lowest BCUT2D eigenvalue weighted by Gasteiger charge is -2.23. The van der Waals surface area contributed by atoms with Gasteiger partial charge in [0.1, 0.15) is 0 Å². The summed E-state index contributed by atoms with van der Waals surface area (Å²) in [5.74, 6) is 0. The van der Waals surface area contributed by atoms with Crippen molar-refractivity contribution in [1.82, 2.24) is 5.32 Å². The van der Waals surface area contributed by atoms with Gasteiger partial charge in [-0.25, -0.2) is 0 Å². The van der Waals surface area contributed by atoms with Crippen molar-refractivity contribution in [1.29, 1.82) is 0 Å². The summed E-state index contributed by atoms with van der Waals surface area (Å²) in [5.41, 5.74) is 0. The molecule has 92 valence electrons. The quantitative estimate of drug-likeness (QED) is 0.751. The molecule has 1 rings (SSSR count). The van der Waals surface area contributed by atoms with Gasteiger partial charge in [-0.1, -0.05) is 26.3 Å². The van der Waals surface area contributed by atoms with E-state index in [1.165, 1.54) is 17.7 Å². The lowest BCUT2D eigenvalue weighted by atomic mass is 10.1. The van der Waals surface area contributed by atoms with Crippen LogP contribution in [0.2, 0.25) is 0 Å². The summed E-state index contributed by atoms with van der Waals surface area (Å²) >= 11 is 1.84. The van der Waals surface area contributed by atoms with Crippen molar-refractivity contribution < 1.29 is 4.74 Å². The Balaban J connectivity index is 2.56. The number of methoxy groups -OCH3 is 1. The fraction of sp³-hybridized carbons (Fsp3) is 0.692. The molecule has 1 aromatic rings. The van der Waals surface area contributed by atoms with E-state index >= 15 is 0 Å². The summed E-state index contributed by atoms with van der Waals surface area (Å²) in [6.45, 7) is 5.23. The molecule has 2 atom stereocenters. The highest BCUT2D eigenvalue weighted by atomic mass is 32.1. The second-order valence-corrected chi connectivity index (χ2v) is 5.06. The van der Waals surface area contributed by atoms with E-state index in [0.29, 0.717) is 12.1 Å². The van der Waals surface area contributed by atoms with Gasteiger partial charge in [0.25, 0.3) is 0 Å². The third kappa shape index (κ3) is 4.24. The van der Waals surface area contributed by atoms with E-state index < -0.39 is 0 Å². The smallest absolute Gasteiger partial charge is 0.0615 e. The van der Waals surface area contributed by atoms with Gasteiger partial charge in [0.2, 0.25) is 0 Å². The average molecular weight is 241 g/mol. The molecule has 0 aliphatic rings. The van der Waals surface area contributed by atoms with Gasteiger partial charge in [-0.2, -0.15) is 0 Å². The summed E-state index contributed by atoms with van der Waals surface area (Å²) in [6.07, 6.45) is 3.51. The Labute approximate surface area is 103 Å². The van der Waals surface area contributed by atoms with Crippen LogP contribution in [-0.2, 0) is 4.74 Å². The zero-order chi connectivity index (χ0) is 11.8. The summed E-state index contributed by atoms with van der Waals surface area (Å²) in [7, 11) is 1.77. The molecule has 0 bridgehead atoms. The van der Waals surface area contributed by atoms with Crippen LogP contribution in [0.15, 0.2) is 17.5 Å². The number of hydrogen-bond donors (Lipinski definition) is 1. The van der Waals surface area contributed by atoms with Crippen LogP contribution < -0.4 is 5.32 Å². The van der Waals surface area contributed by atoms with Gasteiger partial charge in [0.15, 0.2) is 0 Å². The molecule has 0 aromatic carbocycles. The molecule has 1 aromatic heterocycles.